The van der Waals surface area contributed by atoms with Crippen LogP contribution in [0.25, 0.3) is 0 Å². The van der Waals surface area contributed by atoms with E-state index in [9.17, 15) is 13.2 Å². The Morgan fingerprint density at radius 3 is 2.00 bits per heavy atom. The van der Waals surface area contributed by atoms with Crippen LogP contribution in [0.2, 0.25) is 0 Å². The second-order valence-electron chi connectivity index (χ2n) is 2.67. The first-order valence-corrected chi connectivity index (χ1v) is 2.91. The molecule has 0 aromatic heterocycles. The molecule has 4 heteroatoms. The second-order valence-corrected chi connectivity index (χ2v) is 2.67. The van der Waals surface area contributed by atoms with Crippen LogP contribution < -0.4 is 5.32 Å². The van der Waals surface area contributed by atoms with Gasteiger partial charge in [0.15, 0.2) is 0 Å². The van der Waals surface area contributed by atoms with Crippen molar-refractivity contribution in [1.29, 1.82) is 0 Å². The first-order chi connectivity index (χ1) is 4.11. The third-order valence-corrected chi connectivity index (χ3v) is 2.14. The van der Waals surface area contributed by atoms with Gasteiger partial charge in [-0.1, -0.05) is 0 Å². The van der Waals surface area contributed by atoms with Crippen molar-refractivity contribution >= 4 is 0 Å². The van der Waals surface area contributed by atoms with Gasteiger partial charge in [-0.05, 0) is 0 Å². The number of alkyl halides is 3. The zero-order chi connectivity index (χ0) is 6.65. The number of nitrogens with one attached hydrogen (secondary N) is 1. The van der Waals surface area contributed by atoms with Crippen LogP contribution in [0.1, 0.15) is 0 Å². The first kappa shape index (κ1) is 5.53. The molecular weight excluding hydrogens is 131 g/mol. The van der Waals surface area contributed by atoms with Crippen molar-refractivity contribution in [2.24, 2.45) is 11.8 Å². The molecule has 1 saturated carbocycles. The summed E-state index contributed by atoms with van der Waals surface area (Å²) in [5.41, 5.74) is 0. The molecule has 1 aliphatic carbocycles. The summed E-state index contributed by atoms with van der Waals surface area (Å²) in [4.78, 5) is 0. The summed E-state index contributed by atoms with van der Waals surface area (Å²) in [6.45, 7) is 0.564. The van der Waals surface area contributed by atoms with Crippen LogP contribution in [0.3, 0.4) is 0 Å². The lowest BCUT2D eigenvalue weighted by Crippen LogP contribution is -2.32. The monoisotopic (exact) mass is 137 g/mol. The summed E-state index contributed by atoms with van der Waals surface area (Å²) in [5.74, 6) is -1.09. The van der Waals surface area contributed by atoms with Crippen molar-refractivity contribution < 1.29 is 13.2 Å². The molecule has 1 nitrogen and oxygen atoms in total. The van der Waals surface area contributed by atoms with Gasteiger partial charge in [0.25, 0.3) is 0 Å². The van der Waals surface area contributed by atoms with Gasteiger partial charge in [-0.3, -0.25) is 0 Å². The van der Waals surface area contributed by atoms with Gasteiger partial charge in [0.2, 0.25) is 0 Å². The molecule has 0 spiro atoms. The van der Waals surface area contributed by atoms with E-state index in [1.54, 1.807) is 0 Å². The van der Waals surface area contributed by atoms with E-state index in [4.69, 9.17) is 0 Å². The average molecular weight is 137 g/mol. The fraction of sp³-hybridized carbons (Fsp3) is 1.00. The Morgan fingerprint density at radius 1 is 1.33 bits per heavy atom. The highest BCUT2D eigenvalue weighted by Crippen LogP contribution is 2.54. The van der Waals surface area contributed by atoms with Gasteiger partial charge in [0, 0.05) is 18.5 Å². The summed E-state index contributed by atoms with van der Waals surface area (Å²) < 4.78 is 35.2. The Bertz CT molecular complexity index is 132. The molecule has 0 unspecified atom stereocenters. The van der Waals surface area contributed by atoms with Crippen LogP contribution in [-0.4, -0.2) is 18.8 Å². The maximum atomic E-state index is 11.7. The highest BCUT2D eigenvalue weighted by molar-refractivity contribution is 5.14. The quantitative estimate of drug-likeness (QED) is 0.520. The standard InChI is InChI=1S/C5H6F3N/c6-5(7,8)3-2-1-9-4(2)3/h2-4,9H,1H2/t2-,3-,4-/m1/s1. The van der Waals surface area contributed by atoms with E-state index < -0.39 is 12.1 Å². The summed E-state index contributed by atoms with van der Waals surface area (Å²) in [6, 6.07) is -0.218. The van der Waals surface area contributed by atoms with Gasteiger partial charge >= 0.3 is 6.18 Å². The Labute approximate surface area is 50.2 Å². The molecule has 2 aliphatic rings. The summed E-state index contributed by atoms with van der Waals surface area (Å²) >= 11 is 0. The van der Waals surface area contributed by atoms with Crippen LogP contribution in [0.5, 0.6) is 0 Å². The van der Waals surface area contributed by atoms with Crippen molar-refractivity contribution in [2.75, 3.05) is 6.54 Å². The lowest BCUT2D eigenvalue weighted by molar-refractivity contribution is -0.149. The largest absolute Gasteiger partial charge is 0.393 e. The summed E-state index contributed by atoms with van der Waals surface area (Å²) in [6.07, 6.45) is -3.95. The molecule has 3 atom stereocenters. The number of halogens is 3. The molecule has 0 amide bonds. The van der Waals surface area contributed by atoms with Gasteiger partial charge in [0.1, 0.15) is 0 Å². The normalized spacial score (nSPS) is 47.7. The van der Waals surface area contributed by atoms with E-state index >= 15 is 0 Å². The second kappa shape index (κ2) is 1.26. The molecule has 1 N–H and O–H groups in total. The Balaban J connectivity index is 2.02. The summed E-state index contributed by atoms with van der Waals surface area (Å²) in [5, 5.41) is 2.72. The van der Waals surface area contributed by atoms with E-state index in [1.165, 1.54) is 0 Å². The lowest BCUT2D eigenvalue weighted by Gasteiger charge is -2.08. The van der Waals surface area contributed by atoms with Gasteiger partial charge in [-0.2, -0.15) is 13.2 Å². The van der Waals surface area contributed by atoms with Crippen molar-refractivity contribution in [2.45, 2.75) is 12.2 Å². The van der Waals surface area contributed by atoms with E-state index in [0.29, 0.717) is 6.54 Å². The number of hydrogen-bond donors (Lipinski definition) is 1. The SMILES string of the molecule is FC(F)(F)[C@@H]1[C@H]2CN[C@H]21. The molecule has 9 heavy (non-hydrogen) atoms. The average Bonchev–Trinajstić information content (AvgIpc) is 2.04. The molecule has 52 valence electrons. The molecule has 2 rings (SSSR count). The van der Waals surface area contributed by atoms with Crippen molar-refractivity contribution in [1.82, 2.24) is 5.32 Å². The minimum atomic E-state index is -3.95. The molecule has 1 heterocycles. The molecule has 0 aromatic rings. The van der Waals surface area contributed by atoms with Crippen molar-refractivity contribution in [3.63, 3.8) is 0 Å². The Morgan fingerprint density at radius 2 is 1.89 bits per heavy atom. The minimum absolute atomic E-state index is 0.0787. The predicted molar refractivity (Wildman–Crippen MR) is 24.8 cm³/mol. The molecule has 0 aromatic carbocycles. The fourth-order valence-electron chi connectivity index (χ4n) is 1.46. The minimum Gasteiger partial charge on any atom is -0.313 e. The van der Waals surface area contributed by atoms with Crippen LogP contribution in [0, 0.1) is 11.8 Å². The van der Waals surface area contributed by atoms with Crippen LogP contribution >= 0.6 is 0 Å². The van der Waals surface area contributed by atoms with E-state index in [0.717, 1.165) is 0 Å². The molecule has 0 bridgehead atoms. The zero-order valence-electron chi connectivity index (χ0n) is 4.57. The van der Waals surface area contributed by atoms with Crippen LogP contribution in [0.4, 0.5) is 13.2 Å². The van der Waals surface area contributed by atoms with E-state index in [2.05, 4.69) is 5.32 Å². The van der Waals surface area contributed by atoms with Gasteiger partial charge in [-0.15, -0.1) is 0 Å². The highest BCUT2D eigenvalue weighted by atomic mass is 19.4. The number of rotatable bonds is 0. The van der Waals surface area contributed by atoms with Crippen LogP contribution in [0.15, 0.2) is 0 Å². The number of hydrogen-bond acceptors (Lipinski definition) is 1. The maximum Gasteiger partial charge on any atom is 0.393 e. The summed E-state index contributed by atoms with van der Waals surface area (Å²) in [7, 11) is 0. The Hall–Kier alpha value is -0.250. The molecule has 1 saturated heterocycles. The molecular formula is C5H6F3N. The molecule has 1 aliphatic heterocycles. The number of fused-ring (bicyclic) bond motifs is 1. The highest BCUT2D eigenvalue weighted by Gasteiger charge is 2.68. The van der Waals surface area contributed by atoms with E-state index in [-0.39, 0.29) is 12.0 Å². The van der Waals surface area contributed by atoms with Crippen molar-refractivity contribution in [3.8, 4) is 0 Å². The molecule has 2 fully saturated rings. The third kappa shape index (κ3) is 0.595. The smallest absolute Gasteiger partial charge is 0.313 e. The Kier molecular flexibility index (Phi) is 0.773. The predicted octanol–water partition coefficient (Wildman–Crippen LogP) is 0.766. The topological polar surface area (TPSA) is 12.0 Å². The third-order valence-electron chi connectivity index (χ3n) is 2.14. The van der Waals surface area contributed by atoms with Gasteiger partial charge in [0.05, 0.1) is 5.92 Å². The van der Waals surface area contributed by atoms with Crippen molar-refractivity contribution in [3.05, 3.63) is 0 Å². The van der Waals surface area contributed by atoms with E-state index in [1.807, 2.05) is 0 Å². The lowest BCUT2D eigenvalue weighted by atomic mass is 10.3. The fourth-order valence-corrected chi connectivity index (χ4v) is 1.46. The molecule has 0 radical (unpaired) electrons. The van der Waals surface area contributed by atoms with Gasteiger partial charge in [-0.25, -0.2) is 0 Å². The van der Waals surface area contributed by atoms with Crippen LogP contribution in [-0.2, 0) is 0 Å². The first-order valence-electron chi connectivity index (χ1n) is 2.91. The zero-order valence-corrected chi connectivity index (χ0v) is 4.57. The maximum absolute atomic E-state index is 11.7. The van der Waals surface area contributed by atoms with Gasteiger partial charge < -0.3 is 5.32 Å².